The summed E-state index contributed by atoms with van der Waals surface area (Å²) in [6, 6.07) is 7.44. The average molecular weight is 347 g/mol. The van der Waals surface area contributed by atoms with Gasteiger partial charge in [0.05, 0.1) is 6.20 Å². The summed E-state index contributed by atoms with van der Waals surface area (Å²) in [5.74, 6) is 2.66. The quantitative estimate of drug-likeness (QED) is 0.822. The molecule has 2 atom stereocenters. The van der Waals surface area contributed by atoms with E-state index in [0.29, 0.717) is 41.4 Å². The molecule has 5 heteroatoms. The minimum absolute atomic E-state index is 0.194. The predicted octanol–water partition coefficient (Wildman–Crippen LogP) is 4.43. The van der Waals surface area contributed by atoms with Crippen LogP contribution in [0.3, 0.4) is 0 Å². The van der Waals surface area contributed by atoms with Crippen LogP contribution in [0.5, 0.6) is 0 Å². The Hall–Kier alpha value is -1.81. The number of rotatable bonds is 4. The molecule has 0 spiro atoms. The van der Waals surface area contributed by atoms with Crippen molar-refractivity contribution < 1.29 is 9.21 Å². The topological polar surface area (TPSA) is 46.3 Å². The van der Waals surface area contributed by atoms with E-state index in [4.69, 9.17) is 16.0 Å². The van der Waals surface area contributed by atoms with Crippen LogP contribution in [0, 0.1) is 11.8 Å². The lowest BCUT2D eigenvalue weighted by molar-refractivity contribution is -0.133. The molecule has 1 fully saturated rings. The van der Waals surface area contributed by atoms with Gasteiger partial charge in [-0.25, -0.2) is 4.98 Å². The molecule has 1 amide bonds. The lowest BCUT2D eigenvalue weighted by Crippen LogP contribution is -2.42. The van der Waals surface area contributed by atoms with Gasteiger partial charge in [0.25, 0.3) is 0 Å². The Morgan fingerprint density at radius 2 is 1.92 bits per heavy atom. The van der Waals surface area contributed by atoms with E-state index in [9.17, 15) is 4.79 Å². The second kappa shape index (κ2) is 7.39. The molecule has 2 heterocycles. The van der Waals surface area contributed by atoms with Gasteiger partial charge in [-0.2, -0.15) is 0 Å². The number of benzene rings is 1. The van der Waals surface area contributed by atoms with Crippen molar-refractivity contribution in [1.29, 1.82) is 0 Å². The molecule has 0 unspecified atom stereocenters. The first-order valence-electron chi connectivity index (χ1n) is 8.49. The monoisotopic (exact) mass is 346 g/mol. The summed E-state index contributed by atoms with van der Waals surface area (Å²) in [7, 11) is 0. The largest absolute Gasteiger partial charge is 0.441 e. The predicted molar refractivity (Wildman–Crippen MR) is 94.8 cm³/mol. The van der Waals surface area contributed by atoms with E-state index in [1.807, 2.05) is 29.2 Å². The third-order valence-corrected chi connectivity index (χ3v) is 4.71. The van der Waals surface area contributed by atoms with Crippen molar-refractivity contribution in [1.82, 2.24) is 9.88 Å². The molecule has 0 aliphatic carbocycles. The molecule has 0 saturated carbocycles. The van der Waals surface area contributed by atoms with Crippen molar-refractivity contribution in [3.05, 3.63) is 41.4 Å². The number of amides is 1. The highest BCUT2D eigenvalue weighted by Crippen LogP contribution is 2.24. The molecule has 1 aliphatic rings. The Labute approximate surface area is 147 Å². The highest BCUT2D eigenvalue weighted by molar-refractivity contribution is 6.30. The molecule has 128 valence electrons. The van der Waals surface area contributed by atoms with E-state index in [-0.39, 0.29) is 5.91 Å². The maximum atomic E-state index is 12.4. The normalized spacial score (nSPS) is 21.0. The van der Waals surface area contributed by atoms with E-state index in [0.717, 1.165) is 18.7 Å². The third-order valence-electron chi connectivity index (χ3n) is 4.46. The molecule has 0 N–H and O–H groups in total. The van der Waals surface area contributed by atoms with Crippen molar-refractivity contribution in [2.24, 2.45) is 11.8 Å². The molecule has 24 heavy (non-hydrogen) atoms. The molecule has 1 saturated heterocycles. The maximum absolute atomic E-state index is 12.4. The van der Waals surface area contributed by atoms with E-state index in [1.165, 1.54) is 6.42 Å². The number of halogens is 1. The first-order valence-corrected chi connectivity index (χ1v) is 8.87. The average Bonchev–Trinajstić information content (AvgIpc) is 3.01. The second-order valence-corrected chi connectivity index (χ2v) is 7.31. The fourth-order valence-electron chi connectivity index (χ4n) is 3.41. The van der Waals surface area contributed by atoms with Crippen molar-refractivity contribution >= 4 is 17.5 Å². The van der Waals surface area contributed by atoms with Gasteiger partial charge in [0, 0.05) is 36.5 Å². The van der Waals surface area contributed by atoms with Crippen LogP contribution in [0.2, 0.25) is 5.02 Å². The van der Waals surface area contributed by atoms with Crippen LogP contribution in [-0.4, -0.2) is 28.9 Å². The molecular weight excluding hydrogens is 324 g/mol. The molecule has 1 aliphatic heterocycles. The summed E-state index contributed by atoms with van der Waals surface area (Å²) < 4.78 is 5.76. The number of carbonyl (C=O) groups is 1. The van der Waals surface area contributed by atoms with E-state index < -0.39 is 0 Å². The van der Waals surface area contributed by atoms with Crippen LogP contribution in [0.15, 0.2) is 34.9 Å². The summed E-state index contributed by atoms with van der Waals surface area (Å²) in [5.41, 5.74) is 0.933. The van der Waals surface area contributed by atoms with Crippen molar-refractivity contribution in [3.8, 4) is 11.3 Å². The van der Waals surface area contributed by atoms with Crippen molar-refractivity contribution in [2.75, 3.05) is 13.1 Å². The molecule has 3 rings (SSSR count). The smallest absolute Gasteiger partial charge is 0.223 e. The van der Waals surface area contributed by atoms with Gasteiger partial charge in [-0.15, -0.1) is 0 Å². The van der Waals surface area contributed by atoms with Crippen LogP contribution >= 0.6 is 11.6 Å². The Morgan fingerprint density at radius 3 is 2.58 bits per heavy atom. The minimum Gasteiger partial charge on any atom is -0.441 e. The Bertz CT molecular complexity index is 686. The second-order valence-electron chi connectivity index (χ2n) is 6.87. The number of aryl methyl sites for hydroxylation is 1. The lowest BCUT2D eigenvalue weighted by Gasteiger charge is -2.35. The van der Waals surface area contributed by atoms with Gasteiger partial charge in [-0.1, -0.05) is 25.4 Å². The molecule has 4 nitrogen and oxygen atoms in total. The van der Waals surface area contributed by atoms with Crippen LogP contribution in [-0.2, 0) is 11.2 Å². The number of likely N-dealkylation sites (tertiary alicyclic amines) is 1. The van der Waals surface area contributed by atoms with Crippen molar-refractivity contribution in [3.63, 3.8) is 0 Å². The van der Waals surface area contributed by atoms with Crippen molar-refractivity contribution in [2.45, 2.75) is 33.1 Å². The fraction of sp³-hybridized carbons (Fsp3) is 0.474. The molecule has 0 bridgehead atoms. The first kappa shape index (κ1) is 17.0. The summed E-state index contributed by atoms with van der Waals surface area (Å²) in [5, 5.41) is 0.689. The number of carbonyl (C=O) groups excluding carboxylic acids is 1. The van der Waals surface area contributed by atoms with E-state index >= 15 is 0 Å². The highest BCUT2D eigenvalue weighted by Gasteiger charge is 2.25. The molecule has 2 aromatic rings. The summed E-state index contributed by atoms with van der Waals surface area (Å²) in [6.07, 6.45) is 3.88. The van der Waals surface area contributed by atoms with Gasteiger partial charge in [-0.3, -0.25) is 4.79 Å². The Balaban J connectivity index is 1.57. The molecule has 0 radical (unpaired) electrons. The SMILES string of the molecule is C[C@@H]1C[C@H](C)CN(C(=O)CCc2ncc(-c3ccc(Cl)cc3)o2)C1. The number of hydrogen-bond acceptors (Lipinski definition) is 3. The number of oxazole rings is 1. The van der Waals surface area contributed by atoms with Crippen LogP contribution in [0.4, 0.5) is 0 Å². The standard InChI is InChI=1S/C19H23ClN2O2/c1-13-9-14(2)12-22(11-13)19(23)8-7-18-21-10-17(24-18)15-3-5-16(20)6-4-15/h3-6,10,13-14H,7-9,11-12H2,1-2H3/t13-,14+. The van der Waals surface area contributed by atoms with Gasteiger partial charge in [0.15, 0.2) is 11.7 Å². The summed E-state index contributed by atoms with van der Waals surface area (Å²) in [4.78, 5) is 18.7. The third kappa shape index (κ3) is 4.18. The van der Waals surface area contributed by atoms with E-state index in [1.54, 1.807) is 6.20 Å². The number of piperidine rings is 1. The summed E-state index contributed by atoms with van der Waals surface area (Å²) >= 11 is 5.89. The van der Waals surface area contributed by atoms with Crippen LogP contribution in [0.1, 0.15) is 32.6 Å². The van der Waals surface area contributed by atoms with Gasteiger partial charge in [0.1, 0.15) is 0 Å². The zero-order chi connectivity index (χ0) is 17.1. The maximum Gasteiger partial charge on any atom is 0.223 e. The molecular formula is C19H23ClN2O2. The number of hydrogen-bond donors (Lipinski definition) is 0. The first-order chi connectivity index (χ1) is 11.5. The van der Waals surface area contributed by atoms with Gasteiger partial charge >= 0.3 is 0 Å². The summed E-state index contributed by atoms with van der Waals surface area (Å²) in [6.45, 7) is 6.15. The zero-order valence-electron chi connectivity index (χ0n) is 14.2. The number of aromatic nitrogens is 1. The van der Waals surface area contributed by atoms with Crippen LogP contribution in [0.25, 0.3) is 11.3 Å². The fourth-order valence-corrected chi connectivity index (χ4v) is 3.54. The van der Waals surface area contributed by atoms with E-state index in [2.05, 4.69) is 18.8 Å². The molecule has 1 aromatic heterocycles. The van der Waals surface area contributed by atoms with Crippen LogP contribution < -0.4 is 0 Å². The molecule has 1 aromatic carbocycles. The van der Waals surface area contributed by atoms with Gasteiger partial charge < -0.3 is 9.32 Å². The highest BCUT2D eigenvalue weighted by atomic mass is 35.5. The van der Waals surface area contributed by atoms with Gasteiger partial charge in [-0.05, 0) is 42.5 Å². The zero-order valence-corrected chi connectivity index (χ0v) is 14.9. The van der Waals surface area contributed by atoms with Gasteiger partial charge in [0.2, 0.25) is 5.91 Å². The Morgan fingerprint density at radius 1 is 1.25 bits per heavy atom. The minimum atomic E-state index is 0.194. The Kier molecular flexibility index (Phi) is 5.24. The number of nitrogens with zero attached hydrogens (tertiary/aromatic N) is 2. The lowest BCUT2D eigenvalue weighted by atomic mass is 9.91.